The van der Waals surface area contributed by atoms with E-state index in [1.54, 1.807) is 17.1 Å². The second-order valence-corrected chi connectivity index (χ2v) is 10.6. The number of benzene rings is 1. The Bertz CT molecular complexity index is 1530. The molecule has 0 saturated heterocycles. The van der Waals surface area contributed by atoms with E-state index in [2.05, 4.69) is 38.8 Å². The van der Waals surface area contributed by atoms with Crippen LogP contribution in [-0.2, 0) is 23.9 Å². The summed E-state index contributed by atoms with van der Waals surface area (Å²) in [5.74, 6) is 0.685. The Morgan fingerprint density at radius 1 is 1.17 bits per heavy atom. The third kappa shape index (κ3) is 3.63. The molecule has 1 aliphatic carbocycles. The lowest BCUT2D eigenvalue weighted by atomic mass is 9.90. The first-order chi connectivity index (χ1) is 17.3. The van der Waals surface area contributed by atoms with Crippen LogP contribution in [0.4, 0.5) is 11.5 Å². The lowest BCUT2D eigenvalue weighted by molar-refractivity contribution is 0.215. The summed E-state index contributed by atoms with van der Waals surface area (Å²) in [5.41, 5.74) is 5.81. The van der Waals surface area contributed by atoms with Crippen molar-refractivity contribution in [1.82, 2.24) is 24.6 Å². The predicted octanol–water partition coefficient (Wildman–Crippen LogP) is 3.75. The molecule has 4 heterocycles. The number of rotatable bonds is 6. The monoisotopic (exact) mass is 484 g/mol. The fourth-order valence-electron chi connectivity index (χ4n) is 5.37. The molecule has 6 rings (SSSR count). The van der Waals surface area contributed by atoms with Gasteiger partial charge in [0, 0.05) is 48.2 Å². The van der Waals surface area contributed by atoms with E-state index in [9.17, 15) is 9.90 Å². The number of anilines is 2. The molecule has 0 atom stereocenters. The molecule has 0 unspecified atom stereocenters. The molecule has 0 bridgehead atoms. The highest BCUT2D eigenvalue weighted by Gasteiger charge is 2.46. The van der Waals surface area contributed by atoms with Crippen molar-refractivity contribution in [2.24, 2.45) is 0 Å². The van der Waals surface area contributed by atoms with Crippen molar-refractivity contribution in [2.45, 2.75) is 57.5 Å². The fraction of sp³-hybridized carbons (Fsp3) is 0.393. The largest absolute Gasteiger partial charge is 0.395 e. The molecular weight excluding hydrogens is 452 g/mol. The first kappa shape index (κ1) is 22.9. The Morgan fingerprint density at radius 2 is 2.00 bits per heavy atom. The van der Waals surface area contributed by atoms with Gasteiger partial charge in [-0.15, -0.1) is 0 Å². The Kier molecular flexibility index (Phi) is 5.28. The van der Waals surface area contributed by atoms with Crippen LogP contribution in [0.15, 0.2) is 53.6 Å². The molecule has 2 aliphatic rings. The highest BCUT2D eigenvalue weighted by Crippen LogP contribution is 2.49. The van der Waals surface area contributed by atoms with E-state index in [-0.39, 0.29) is 17.7 Å². The number of pyridine rings is 2. The van der Waals surface area contributed by atoms with Crippen molar-refractivity contribution < 1.29 is 5.11 Å². The van der Waals surface area contributed by atoms with Crippen LogP contribution in [0, 0.1) is 0 Å². The van der Waals surface area contributed by atoms with Crippen molar-refractivity contribution >= 4 is 22.4 Å². The van der Waals surface area contributed by atoms with E-state index in [1.165, 1.54) is 24.0 Å². The van der Waals surface area contributed by atoms with Crippen molar-refractivity contribution in [3.63, 3.8) is 0 Å². The predicted molar refractivity (Wildman–Crippen MR) is 141 cm³/mol. The number of aliphatic hydroxyl groups excluding tert-OH is 1. The Hall–Kier alpha value is -3.49. The summed E-state index contributed by atoms with van der Waals surface area (Å²) < 4.78 is 3.64. The maximum absolute atomic E-state index is 13.2. The van der Waals surface area contributed by atoms with E-state index in [4.69, 9.17) is 0 Å². The molecule has 0 amide bonds. The Morgan fingerprint density at radius 3 is 2.75 bits per heavy atom. The minimum atomic E-state index is -0.494. The van der Waals surface area contributed by atoms with Gasteiger partial charge in [0.1, 0.15) is 5.82 Å². The summed E-state index contributed by atoms with van der Waals surface area (Å²) in [5, 5.41) is 17.6. The van der Waals surface area contributed by atoms with Gasteiger partial charge >= 0.3 is 0 Å². The summed E-state index contributed by atoms with van der Waals surface area (Å²) in [6, 6.07) is 12.4. The molecule has 186 valence electrons. The van der Waals surface area contributed by atoms with Crippen molar-refractivity contribution in [3.8, 4) is 5.69 Å². The van der Waals surface area contributed by atoms with Crippen molar-refractivity contribution in [2.75, 3.05) is 18.5 Å². The van der Waals surface area contributed by atoms with Crippen LogP contribution in [0.5, 0.6) is 0 Å². The Balaban J connectivity index is 1.42. The van der Waals surface area contributed by atoms with Gasteiger partial charge in [-0.3, -0.25) is 9.78 Å². The van der Waals surface area contributed by atoms with Crippen LogP contribution in [0.25, 0.3) is 16.6 Å². The van der Waals surface area contributed by atoms with E-state index in [1.807, 2.05) is 43.7 Å². The molecule has 1 fully saturated rings. The van der Waals surface area contributed by atoms with Gasteiger partial charge < -0.3 is 15.7 Å². The van der Waals surface area contributed by atoms with Gasteiger partial charge in [0.2, 0.25) is 0 Å². The first-order valence-corrected chi connectivity index (χ1v) is 12.7. The van der Waals surface area contributed by atoms with Crippen LogP contribution in [0.3, 0.4) is 0 Å². The molecule has 0 radical (unpaired) electrons. The molecular formula is C28H32N6O2. The maximum atomic E-state index is 13.2. The first-order valence-electron chi connectivity index (χ1n) is 12.7. The summed E-state index contributed by atoms with van der Waals surface area (Å²) in [6.45, 7) is 7.36. The zero-order chi connectivity index (χ0) is 25.1. The number of aliphatic hydroxyl groups is 1. The highest BCUT2D eigenvalue weighted by atomic mass is 16.3. The molecule has 1 saturated carbocycles. The summed E-state index contributed by atoms with van der Waals surface area (Å²) in [7, 11) is 0. The second-order valence-electron chi connectivity index (χ2n) is 10.6. The number of nitrogens with one attached hydrogen (secondary N) is 2. The van der Waals surface area contributed by atoms with E-state index >= 15 is 0 Å². The fourth-order valence-corrected chi connectivity index (χ4v) is 5.37. The molecule has 3 N–H and O–H groups in total. The zero-order valence-corrected chi connectivity index (χ0v) is 21.0. The summed E-state index contributed by atoms with van der Waals surface area (Å²) >= 11 is 0. The lowest BCUT2D eigenvalue weighted by Gasteiger charge is -2.27. The van der Waals surface area contributed by atoms with Crippen molar-refractivity contribution in [3.05, 3.63) is 76.0 Å². The highest BCUT2D eigenvalue weighted by molar-refractivity contribution is 5.83. The molecule has 3 aromatic heterocycles. The Labute approximate surface area is 210 Å². The van der Waals surface area contributed by atoms with Gasteiger partial charge in [-0.25, -0.2) is 14.3 Å². The van der Waals surface area contributed by atoms with Gasteiger partial charge in [0.05, 0.1) is 28.9 Å². The number of fused-ring (bicyclic) bond motifs is 3. The van der Waals surface area contributed by atoms with Gasteiger partial charge in [0.15, 0.2) is 0 Å². The average Bonchev–Trinajstić information content (AvgIpc) is 3.60. The molecule has 1 aliphatic heterocycles. The topological polar surface area (TPSA) is 97.0 Å². The number of nitrogens with zero attached hydrogens (tertiary/aromatic N) is 4. The number of aromatic nitrogens is 4. The quantitative estimate of drug-likeness (QED) is 0.386. The van der Waals surface area contributed by atoms with Gasteiger partial charge in [-0.2, -0.15) is 0 Å². The van der Waals surface area contributed by atoms with E-state index < -0.39 is 5.41 Å². The van der Waals surface area contributed by atoms with E-state index in [0.29, 0.717) is 17.7 Å². The normalized spacial score (nSPS) is 16.3. The third-order valence-electron chi connectivity index (χ3n) is 7.69. The van der Waals surface area contributed by atoms with Crippen LogP contribution in [0.2, 0.25) is 0 Å². The van der Waals surface area contributed by atoms with Crippen LogP contribution in [0.1, 0.15) is 50.4 Å². The second kappa shape index (κ2) is 8.28. The molecule has 36 heavy (non-hydrogen) atoms. The molecule has 1 aromatic carbocycles. The van der Waals surface area contributed by atoms with Crippen molar-refractivity contribution in [1.29, 1.82) is 0 Å². The lowest BCUT2D eigenvalue weighted by Crippen LogP contribution is -2.36. The minimum Gasteiger partial charge on any atom is -0.395 e. The number of hydrogen-bond acceptors (Lipinski definition) is 6. The number of hydrogen-bond donors (Lipinski definition) is 3. The zero-order valence-electron chi connectivity index (χ0n) is 21.0. The summed E-state index contributed by atoms with van der Waals surface area (Å²) in [4.78, 5) is 22.3. The molecule has 4 aromatic rings. The van der Waals surface area contributed by atoms with Gasteiger partial charge in [0.25, 0.3) is 5.56 Å². The van der Waals surface area contributed by atoms with Crippen LogP contribution in [-0.4, -0.2) is 37.6 Å². The SMILES string of the molecule is CCn1c(=O)c2cnc(Nc3ccc4c(c3)CCNC43CC3)cc2n1-c1ccnc(C(C)(C)CO)c1. The minimum absolute atomic E-state index is 0.0214. The molecule has 8 nitrogen and oxygen atoms in total. The molecule has 8 heteroatoms. The third-order valence-corrected chi connectivity index (χ3v) is 7.69. The average molecular weight is 485 g/mol. The van der Waals surface area contributed by atoms with E-state index in [0.717, 1.165) is 35.6 Å². The van der Waals surface area contributed by atoms with Gasteiger partial charge in [-0.1, -0.05) is 19.9 Å². The van der Waals surface area contributed by atoms with Gasteiger partial charge in [-0.05, 0) is 61.6 Å². The standard InChI is InChI=1S/C28H32N6O2/c1-4-33-26(36)21-16-30-25(32-19-5-6-22-18(13-19)7-12-31-28(22)9-10-28)15-23(21)34(33)20-8-11-29-24(14-20)27(2,3)17-35/h5-6,8,11,13-16,31,35H,4,7,9-10,12,17H2,1-3H3,(H,30,32). The maximum Gasteiger partial charge on any atom is 0.276 e. The molecule has 1 spiro atoms. The summed E-state index contributed by atoms with van der Waals surface area (Å²) in [6.07, 6.45) is 6.83. The smallest absolute Gasteiger partial charge is 0.276 e. The van der Waals surface area contributed by atoms with Crippen LogP contribution >= 0.6 is 0 Å². The van der Waals surface area contributed by atoms with Crippen LogP contribution < -0.4 is 16.2 Å².